The van der Waals surface area contributed by atoms with Gasteiger partial charge in [-0.25, -0.2) is 17.8 Å². The Kier molecular flexibility index (Phi) is 7.06. The van der Waals surface area contributed by atoms with Crippen LogP contribution in [-0.4, -0.2) is 35.7 Å². The van der Waals surface area contributed by atoms with Crippen molar-refractivity contribution in [1.82, 2.24) is 19.7 Å². The summed E-state index contributed by atoms with van der Waals surface area (Å²) in [7, 11) is -4.44. The lowest BCUT2D eigenvalue weighted by Crippen LogP contribution is -2.31. The maximum Gasteiger partial charge on any atom is 0.573 e. The summed E-state index contributed by atoms with van der Waals surface area (Å²) in [5.74, 6) is -1.85. The number of amides is 1. The number of hydrogen-bond acceptors (Lipinski definition) is 6. The average molecular weight is 564 g/mol. The molecule has 16 heteroatoms. The first-order valence-corrected chi connectivity index (χ1v) is 11.4. The van der Waals surface area contributed by atoms with Gasteiger partial charge in [0, 0.05) is 17.2 Å². The number of nitrogens with zero attached hydrogens (tertiary/aromatic N) is 3. The molecule has 1 aromatic heterocycles. The molecule has 0 aliphatic carbocycles. The zero-order chi connectivity index (χ0) is 24.7. The smallest absolute Gasteiger partial charge is 0.406 e. The lowest BCUT2D eigenvalue weighted by molar-refractivity contribution is -0.274. The van der Waals surface area contributed by atoms with Gasteiger partial charge in [-0.2, -0.15) is 0 Å². The molecular formula is C17H9Cl4F3N4O4S. The summed E-state index contributed by atoms with van der Waals surface area (Å²) in [6.45, 7) is 1.33. The van der Waals surface area contributed by atoms with Crippen molar-refractivity contribution in [2.24, 2.45) is 0 Å². The summed E-state index contributed by atoms with van der Waals surface area (Å²) in [6.07, 6.45) is -4.97. The molecule has 0 radical (unpaired) electrons. The molecule has 0 saturated heterocycles. The lowest BCUT2D eigenvalue weighted by Gasteiger charge is -2.13. The van der Waals surface area contributed by atoms with E-state index in [0.29, 0.717) is 0 Å². The Balaban J connectivity index is 1.94. The number of benzene rings is 2. The number of rotatable bonds is 5. The second kappa shape index (κ2) is 9.18. The van der Waals surface area contributed by atoms with Gasteiger partial charge in [0.25, 0.3) is 15.9 Å². The van der Waals surface area contributed by atoms with Crippen LogP contribution in [0.4, 0.5) is 13.2 Å². The summed E-state index contributed by atoms with van der Waals surface area (Å²) in [4.78, 5) is 12.1. The number of sulfonamides is 1. The second-order valence-corrected chi connectivity index (χ2v) is 9.54. The number of hydrogen-bond donors (Lipinski definition) is 1. The molecule has 0 saturated carbocycles. The van der Waals surface area contributed by atoms with Crippen molar-refractivity contribution >= 4 is 62.3 Å². The van der Waals surface area contributed by atoms with Crippen LogP contribution in [-0.2, 0) is 10.0 Å². The normalized spacial score (nSPS) is 12.0. The van der Waals surface area contributed by atoms with Crippen LogP contribution in [0.3, 0.4) is 0 Å². The van der Waals surface area contributed by atoms with Crippen LogP contribution < -0.4 is 9.46 Å². The third kappa shape index (κ3) is 5.64. The lowest BCUT2D eigenvalue weighted by atomic mass is 10.2. The van der Waals surface area contributed by atoms with Crippen molar-refractivity contribution in [3.63, 3.8) is 0 Å². The molecule has 8 nitrogen and oxygen atoms in total. The molecule has 33 heavy (non-hydrogen) atoms. The Morgan fingerprint density at radius 1 is 1.06 bits per heavy atom. The standard InChI is InChI=1S/C17H9Cl4F3N4O4S/c1-7-14(16(29)26-33(30,31)13-4-8(18)2-3-10(13)19)25-27-28(7)15-11(20)5-9(6-12(15)21)32-17(22,23)24/h2-6H,1H3,(H,26,29). The third-order valence-electron chi connectivity index (χ3n) is 3.96. The Morgan fingerprint density at radius 2 is 1.67 bits per heavy atom. The van der Waals surface area contributed by atoms with E-state index < -0.39 is 38.6 Å². The van der Waals surface area contributed by atoms with Crippen LogP contribution >= 0.6 is 46.4 Å². The van der Waals surface area contributed by atoms with Gasteiger partial charge in [0.05, 0.1) is 20.8 Å². The summed E-state index contributed by atoms with van der Waals surface area (Å²) in [5.41, 5.74) is -0.565. The SMILES string of the molecule is Cc1c(C(=O)NS(=O)(=O)c2cc(Cl)ccc2Cl)nnn1-c1c(Cl)cc(OC(F)(F)F)cc1Cl. The highest BCUT2D eigenvalue weighted by molar-refractivity contribution is 7.90. The molecule has 1 heterocycles. The number of halogens is 7. The molecular weight excluding hydrogens is 555 g/mol. The minimum absolute atomic E-state index is 0.0202. The maximum atomic E-state index is 12.6. The van der Waals surface area contributed by atoms with E-state index in [1.807, 2.05) is 0 Å². The fourth-order valence-electron chi connectivity index (χ4n) is 2.60. The number of alkyl halides is 3. The summed E-state index contributed by atoms with van der Waals surface area (Å²) in [5, 5.41) is 6.60. The molecule has 3 rings (SSSR count). The first-order valence-electron chi connectivity index (χ1n) is 8.39. The Bertz CT molecular complexity index is 1340. The zero-order valence-electron chi connectivity index (χ0n) is 15.9. The fourth-order valence-corrected chi connectivity index (χ4v) is 4.94. The van der Waals surface area contributed by atoms with Crippen molar-refractivity contribution in [2.75, 3.05) is 0 Å². The quantitative estimate of drug-likeness (QED) is 0.457. The van der Waals surface area contributed by atoms with Gasteiger partial charge in [0.2, 0.25) is 0 Å². The number of carbonyl (C=O) groups is 1. The van der Waals surface area contributed by atoms with Gasteiger partial charge < -0.3 is 4.74 Å². The van der Waals surface area contributed by atoms with E-state index in [-0.39, 0.29) is 31.5 Å². The predicted molar refractivity (Wildman–Crippen MR) is 114 cm³/mol. The van der Waals surface area contributed by atoms with E-state index in [1.165, 1.54) is 19.1 Å². The van der Waals surface area contributed by atoms with Gasteiger partial charge in [-0.3, -0.25) is 4.79 Å². The van der Waals surface area contributed by atoms with Crippen molar-refractivity contribution in [3.8, 4) is 11.4 Å². The number of ether oxygens (including phenoxy) is 1. The molecule has 0 spiro atoms. The molecule has 0 aliphatic heterocycles. The Morgan fingerprint density at radius 3 is 2.24 bits per heavy atom. The number of aromatic nitrogens is 3. The van der Waals surface area contributed by atoms with Crippen molar-refractivity contribution in [2.45, 2.75) is 18.2 Å². The van der Waals surface area contributed by atoms with Crippen molar-refractivity contribution in [1.29, 1.82) is 0 Å². The van der Waals surface area contributed by atoms with Crippen molar-refractivity contribution < 1.29 is 31.1 Å². The monoisotopic (exact) mass is 562 g/mol. The molecule has 2 aromatic carbocycles. The Hall–Kier alpha value is -2.25. The molecule has 0 atom stereocenters. The molecule has 0 aliphatic rings. The highest BCUT2D eigenvalue weighted by Crippen LogP contribution is 2.36. The van der Waals surface area contributed by atoms with Gasteiger partial charge in [0.15, 0.2) is 5.69 Å². The van der Waals surface area contributed by atoms with Crippen LogP contribution in [0, 0.1) is 6.92 Å². The maximum absolute atomic E-state index is 12.6. The van der Waals surface area contributed by atoms with E-state index in [2.05, 4.69) is 15.0 Å². The minimum atomic E-state index is -4.97. The van der Waals surface area contributed by atoms with Gasteiger partial charge in [0.1, 0.15) is 16.3 Å². The predicted octanol–water partition coefficient (Wildman–Crippen LogP) is 5.21. The van der Waals surface area contributed by atoms with Crippen LogP contribution in [0.25, 0.3) is 5.69 Å². The second-order valence-electron chi connectivity index (χ2n) is 6.23. The first-order chi connectivity index (χ1) is 15.2. The van der Waals surface area contributed by atoms with E-state index in [1.54, 1.807) is 4.72 Å². The van der Waals surface area contributed by atoms with Crippen LogP contribution in [0.2, 0.25) is 20.1 Å². The highest BCUT2D eigenvalue weighted by atomic mass is 35.5. The van der Waals surface area contributed by atoms with Gasteiger partial charge in [-0.05, 0) is 25.1 Å². The molecule has 3 aromatic rings. The molecule has 1 N–H and O–H groups in total. The van der Waals surface area contributed by atoms with Crippen LogP contribution in [0.5, 0.6) is 5.75 Å². The van der Waals surface area contributed by atoms with Crippen molar-refractivity contribution in [3.05, 3.63) is 61.8 Å². The third-order valence-corrected chi connectivity index (χ3v) is 6.58. The summed E-state index contributed by atoms with van der Waals surface area (Å²) >= 11 is 23.7. The summed E-state index contributed by atoms with van der Waals surface area (Å²) in [6, 6.07) is 5.32. The molecule has 0 unspecified atom stereocenters. The van der Waals surface area contributed by atoms with Crippen LogP contribution in [0.15, 0.2) is 35.2 Å². The number of carbonyl (C=O) groups excluding carboxylic acids is 1. The van der Waals surface area contributed by atoms with E-state index in [4.69, 9.17) is 46.4 Å². The fraction of sp³-hybridized carbons (Fsp3) is 0.118. The number of nitrogens with one attached hydrogen (secondary N) is 1. The first kappa shape index (κ1) is 25.4. The largest absolute Gasteiger partial charge is 0.573 e. The Labute approximate surface area is 204 Å². The summed E-state index contributed by atoms with van der Waals surface area (Å²) < 4.78 is 69.0. The molecule has 176 valence electrons. The topological polar surface area (TPSA) is 103 Å². The average Bonchev–Trinajstić information content (AvgIpc) is 3.02. The molecule has 0 bridgehead atoms. The molecule has 1 amide bonds. The van der Waals surface area contributed by atoms with Gasteiger partial charge in [-0.15, -0.1) is 18.3 Å². The van der Waals surface area contributed by atoms with E-state index >= 15 is 0 Å². The van der Waals surface area contributed by atoms with Gasteiger partial charge >= 0.3 is 6.36 Å². The molecule has 0 fully saturated rings. The van der Waals surface area contributed by atoms with Gasteiger partial charge in [-0.1, -0.05) is 51.6 Å². The highest BCUT2D eigenvalue weighted by Gasteiger charge is 2.32. The van der Waals surface area contributed by atoms with E-state index in [0.717, 1.165) is 22.9 Å². The zero-order valence-corrected chi connectivity index (χ0v) is 19.8. The van der Waals surface area contributed by atoms with Crippen LogP contribution in [0.1, 0.15) is 16.2 Å². The van der Waals surface area contributed by atoms with E-state index in [9.17, 15) is 26.4 Å². The minimum Gasteiger partial charge on any atom is -0.406 e.